The van der Waals surface area contributed by atoms with Gasteiger partial charge in [0.2, 0.25) is 0 Å². The van der Waals surface area contributed by atoms with Gasteiger partial charge in [0.15, 0.2) is 5.82 Å². The molecule has 0 aliphatic heterocycles. The molecule has 3 aromatic rings. The fraction of sp³-hybridized carbons (Fsp3) is 0.111. The quantitative estimate of drug-likeness (QED) is 0.745. The number of rotatable bonds is 2. The lowest BCUT2D eigenvalue weighted by molar-refractivity contribution is 0.264. The number of aromatic nitrogens is 2. The Morgan fingerprint density at radius 3 is 3.07 bits per heavy atom. The molecule has 6 heteroatoms. The summed E-state index contributed by atoms with van der Waals surface area (Å²) in [4.78, 5) is 5.01. The van der Waals surface area contributed by atoms with Gasteiger partial charge in [-0.15, -0.1) is 22.7 Å². The van der Waals surface area contributed by atoms with E-state index in [1.54, 1.807) is 22.7 Å². The van der Waals surface area contributed by atoms with Crippen molar-refractivity contribution in [1.82, 2.24) is 10.1 Å². The molecule has 0 aliphatic rings. The van der Waals surface area contributed by atoms with Crippen molar-refractivity contribution in [3.05, 3.63) is 23.3 Å². The van der Waals surface area contributed by atoms with E-state index < -0.39 is 0 Å². The zero-order valence-corrected chi connectivity index (χ0v) is 9.14. The van der Waals surface area contributed by atoms with Crippen LogP contribution in [0.5, 0.6) is 0 Å². The van der Waals surface area contributed by atoms with Crippen LogP contribution in [0.3, 0.4) is 0 Å². The first kappa shape index (κ1) is 9.02. The van der Waals surface area contributed by atoms with Crippen molar-refractivity contribution >= 4 is 32.1 Å². The summed E-state index contributed by atoms with van der Waals surface area (Å²) >= 11 is 3.30. The van der Waals surface area contributed by atoms with E-state index in [4.69, 9.17) is 9.63 Å². The number of nitrogens with zero attached hydrogens (tertiary/aromatic N) is 2. The van der Waals surface area contributed by atoms with Gasteiger partial charge in [-0.05, 0) is 17.5 Å². The molecule has 0 spiro atoms. The Bertz CT molecular complexity index is 567. The van der Waals surface area contributed by atoms with Gasteiger partial charge in [0.25, 0.3) is 5.89 Å². The maximum absolute atomic E-state index is 8.82. The average molecular weight is 238 g/mol. The minimum Gasteiger partial charge on any atom is -0.388 e. The largest absolute Gasteiger partial charge is 0.388 e. The third-order valence-corrected chi connectivity index (χ3v) is 4.04. The summed E-state index contributed by atoms with van der Waals surface area (Å²) in [5.41, 5.74) is 0. The second-order valence-electron chi connectivity index (χ2n) is 2.93. The summed E-state index contributed by atoms with van der Waals surface area (Å²) in [6.07, 6.45) is 0. The van der Waals surface area contributed by atoms with Crippen LogP contribution in [0.15, 0.2) is 22.0 Å². The summed E-state index contributed by atoms with van der Waals surface area (Å²) in [6, 6.07) is 4.09. The monoisotopic (exact) mass is 238 g/mol. The normalized spacial score (nSPS) is 11.3. The van der Waals surface area contributed by atoms with Gasteiger partial charge in [-0.2, -0.15) is 4.98 Å². The van der Waals surface area contributed by atoms with Crippen molar-refractivity contribution in [2.75, 3.05) is 0 Å². The van der Waals surface area contributed by atoms with Crippen molar-refractivity contribution in [1.29, 1.82) is 0 Å². The summed E-state index contributed by atoms with van der Waals surface area (Å²) in [6.45, 7) is -0.191. The van der Waals surface area contributed by atoms with Gasteiger partial charge in [-0.1, -0.05) is 5.16 Å². The standard InChI is InChI=1S/C9H6N2O2S2/c12-4-8-10-9(13-11-8)7-3-6-5(15-7)1-2-14-6/h1-3,12H,4H2. The van der Waals surface area contributed by atoms with Crippen LogP contribution in [0.1, 0.15) is 5.82 Å². The van der Waals surface area contributed by atoms with Crippen molar-refractivity contribution in [2.24, 2.45) is 0 Å². The smallest absolute Gasteiger partial charge is 0.268 e. The van der Waals surface area contributed by atoms with Crippen LogP contribution in [0.4, 0.5) is 0 Å². The van der Waals surface area contributed by atoms with Crippen LogP contribution in [0.25, 0.3) is 20.2 Å². The van der Waals surface area contributed by atoms with E-state index in [0.29, 0.717) is 11.7 Å². The zero-order chi connectivity index (χ0) is 10.3. The van der Waals surface area contributed by atoms with E-state index in [9.17, 15) is 0 Å². The van der Waals surface area contributed by atoms with Crippen LogP contribution >= 0.6 is 22.7 Å². The molecule has 4 nitrogen and oxygen atoms in total. The molecule has 1 N–H and O–H groups in total. The number of hydrogen-bond donors (Lipinski definition) is 1. The first-order valence-corrected chi connectivity index (χ1v) is 5.97. The van der Waals surface area contributed by atoms with Gasteiger partial charge in [0.1, 0.15) is 6.61 Å². The molecule has 3 rings (SSSR count). The number of aliphatic hydroxyl groups is 1. The molecule has 15 heavy (non-hydrogen) atoms. The highest BCUT2D eigenvalue weighted by atomic mass is 32.1. The van der Waals surface area contributed by atoms with Crippen molar-refractivity contribution in [3.8, 4) is 10.8 Å². The van der Waals surface area contributed by atoms with Gasteiger partial charge in [-0.25, -0.2) is 0 Å². The van der Waals surface area contributed by atoms with E-state index in [-0.39, 0.29) is 6.61 Å². The second-order valence-corrected chi connectivity index (χ2v) is 4.97. The second kappa shape index (κ2) is 3.41. The van der Waals surface area contributed by atoms with E-state index in [1.165, 1.54) is 9.40 Å². The predicted molar refractivity (Wildman–Crippen MR) is 58.9 cm³/mol. The van der Waals surface area contributed by atoms with Crippen LogP contribution in [0, 0.1) is 0 Å². The predicted octanol–water partition coefficient (Wildman–Crippen LogP) is 2.51. The summed E-state index contributed by atoms with van der Waals surface area (Å²) in [5.74, 6) is 0.800. The van der Waals surface area contributed by atoms with Gasteiger partial charge >= 0.3 is 0 Å². The molecular formula is C9H6N2O2S2. The van der Waals surface area contributed by atoms with Gasteiger partial charge in [0.05, 0.1) is 4.88 Å². The Balaban J connectivity index is 2.09. The average Bonchev–Trinajstić information content (AvgIpc) is 2.91. The minimum absolute atomic E-state index is 0.191. The number of fused-ring (bicyclic) bond motifs is 1. The molecule has 0 unspecified atom stereocenters. The van der Waals surface area contributed by atoms with Crippen molar-refractivity contribution in [3.63, 3.8) is 0 Å². The Morgan fingerprint density at radius 1 is 1.40 bits per heavy atom. The maximum Gasteiger partial charge on any atom is 0.268 e. The van der Waals surface area contributed by atoms with Gasteiger partial charge in [0, 0.05) is 9.40 Å². The first-order chi connectivity index (χ1) is 7.36. The van der Waals surface area contributed by atoms with E-state index >= 15 is 0 Å². The third-order valence-electron chi connectivity index (χ3n) is 1.96. The van der Waals surface area contributed by atoms with Crippen LogP contribution < -0.4 is 0 Å². The van der Waals surface area contributed by atoms with Crippen molar-refractivity contribution < 1.29 is 9.63 Å². The van der Waals surface area contributed by atoms with Gasteiger partial charge < -0.3 is 9.63 Å². The molecule has 0 saturated carbocycles. The Labute approximate surface area is 92.8 Å². The lowest BCUT2D eigenvalue weighted by Crippen LogP contribution is -1.83. The van der Waals surface area contributed by atoms with Crippen LogP contribution in [-0.4, -0.2) is 15.2 Å². The SMILES string of the molecule is OCc1noc(-c2cc3sccc3s2)n1. The molecule has 0 bridgehead atoms. The Kier molecular flexibility index (Phi) is 2.05. The molecule has 0 saturated heterocycles. The lowest BCUT2D eigenvalue weighted by Gasteiger charge is -1.82. The lowest BCUT2D eigenvalue weighted by atomic mass is 10.4. The summed E-state index contributed by atoms with van der Waals surface area (Å²) in [7, 11) is 0. The molecule has 3 heterocycles. The van der Waals surface area contributed by atoms with Crippen LogP contribution in [0.2, 0.25) is 0 Å². The fourth-order valence-electron chi connectivity index (χ4n) is 1.29. The number of thiophene rings is 2. The summed E-state index contributed by atoms with van der Waals surface area (Å²) < 4.78 is 7.48. The highest BCUT2D eigenvalue weighted by Crippen LogP contribution is 2.35. The zero-order valence-electron chi connectivity index (χ0n) is 7.51. The third kappa shape index (κ3) is 1.46. The Morgan fingerprint density at radius 2 is 2.33 bits per heavy atom. The first-order valence-electron chi connectivity index (χ1n) is 4.27. The van der Waals surface area contributed by atoms with E-state index in [2.05, 4.69) is 21.6 Å². The maximum atomic E-state index is 8.82. The molecule has 76 valence electrons. The summed E-state index contributed by atoms with van der Waals surface area (Å²) in [5, 5.41) is 14.5. The molecule has 0 fully saturated rings. The highest BCUT2D eigenvalue weighted by molar-refractivity contribution is 7.28. The van der Waals surface area contributed by atoms with E-state index in [0.717, 1.165) is 4.88 Å². The molecule has 0 radical (unpaired) electrons. The number of hydrogen-bond acceptors (Lipinski definition) is 6. The fourth-order valence-corrected chi connectivity index (χ4v) is 3.32. The Hall–Kier alpha value is -1.24. The van der Waals surface area contributed by atoms with E-state index in [1.807, 2.05) is 6.07 Å². The molecule has 0 aromatic carbocycles. The molecule has 0 amide bonds. The molecule has 0 aliphatic carbocycles. The molecule has 3 aromatic heterocycles. The van der Waals surface area contributed by atoms with Crippen LogP contribution in [-0.2, 0) is 6.61 Å². The molecule has 0 atom stereocenters. The molecular weight excluding hydrogens is 232 g/mol. The topological polar surface area (TPSA) is 59.2 Å². The number of aliphatic hydroxyl groups excluding tert-OH is 1. The minimum atomic E-state index is -0.191. The van der Waals surface area contributed by atoms with Gasteiger partial charge in [-0.3, -0.25) is 0 Å². The highest BCUT2D eigenvalue weighted by Gasteiger charge is 2.11. The van der Waals surface area contributed by atoms with Crippen molar-refractivity contribution in [2.45, 2.75) is 6.61 Å².